The number of carbonyl (C=O) groups is 1. The van der Waals surface area contributed by atoms with Crippen LogP contribution in [-0.2, 0) is 4.79 Å². The number of hydrogen-bond donors (Lipinski definition) is 1. The zero-order valence-electron chi connectivity index (χ0n) is 19.1. The van der Waals surface area contributed by atoms with Crippen molar-refractivity contribution in [3.8, 4) is 0 Å². The van der Waals surface area contributed by atoms with Gasteiger partial charge in [0, 0.05) is 24.2 Å². The van der Waals surface area contributed by atoms with Crippen LogP contribution in [0.15, 0.2) is 24.3 Å². The van der Waals surface area contributed by atoms with E-state index >= 15 is 0 Å². The molecule has 3 heteroatoms. The lowest BCUT2D eigenvalue weighted by Crippen LogP contribution is -2.39. The van der Waals surface area contributed by atoms with Gasteiger partial charge >= 0.3 is 0 Å². The highest BCUT2D eigenvalue weighted by Crippen LogP contribution is 2.21. The molecule has 1 N–H and O–H groups in total. The molecule has 160 valence electrons. The van der Waals surface area contributed by atoms with Crippen LogP contribution in [0.3, 0.4) is 0 Å². The third-order valence-electron chi connectivity index (χ3n) is 5.90. The van der Waals surface area contributed by atoms with Gasteiger partial charge in [-0.15, -0.1) is 0 Å². The molecule has 1 aromatic rings. The number of nitrogens with zero attached hydrogens (tertiary/aromatic N) is 1. The fourth-order valence-electron chi connectivity index (χ4n) is 3.48. The Morgan fingerprint density at radius 2 is 1.21 bits per heavy atom. The van der Waals surface area contributed by atoms with E-state index in [-0.39, 0.29) is 5.91 Å². The second-order valence-corrected chi connectivity index (χ2v) is 8.74. The number of rotatable bonds is 16. The maximum absolute atomic E-state index is 12.1. The molecule has 0 unspecified atom stereocenters. The summed E-state index contributed by atoms with van der Waals surface area (Å²) in [6.07, 6.45) is 16.5. The SMILES string of the molecule is CCCCCCCCCCCCCCC(=O)Nc1ccc([N+](C)(C)CC)cc1. The summed E-state index contributed by atoms with van der Waals surface area (Å²) in [5.41, 5.74) is 2.17. The standard InChI is InChI=1S/C25H44N2O/c1-5-7-8-9-10-11-12-13-14-15-16-17-18-25(28)26-23-19-21-24(22-20-23)27(3,4)6-2/h19-22H,5-18H2,1-4H3/p+1. The van der Waals surface area contributed by atoms with Crippen molar-refractivity contribution in [1.82, 2.24) is 4.48 Å². The fourth-order valence-corrected chi connectivity index (χ4v) is 3.48. The number of nitrogens with one attached hydrogen (secondary N) is 1. The van der Waals surface area contributed by atoms with Crippen molar-refractivity contribution in [1.29, 1.82) is 0 Å². The quantitative estimate of drug-likeness (QED) is 0.233. The van der Waals surface area contributed by atoms with E-state index in [0.29, 0.717) is 6.42 Å². The van der Waals surface area contributed by atoms with Crippen LogP contribution in [0.25, 0.3) is 0 Å². The third kappa shape index (κ3) is 10.8. The van der Waals surface area contributed by atoms with E-state index in [1.807, 2.05) is 12.1 Å². The Morgan fingerprint density at radius 1 is 0.750 bits per heavy atom. The minimum atomic E-state index is 0.143. The van der Waals surface area contributed by atoms with E-state index < -0.39 is 0 Å². The van der Waals surface area contributed by atoms with Crippen molar-refractivity contribution >= 4 is 17.3 Å². The molecule has 0 aliphatic rings. The van der Waals surface area contributed by atoms with Gasteiger partial charge in [-0.1, -0.05) is 77.6 Å². The molecule has 0 aliphatic carbocycles. The summed E-state index contributed by atoms with van der Waals surface area (Å²) < 4.78 is 0.854. The summed E-state index contributed by atoms with van der Waals surface area (Å²) >= 11 is 0. The highest BCUT2D eigenvalue weighted by molar-refractivity contribution is 5.90. The number of hydrogen-bond acceptors (Lipinski definition) is 1. The summed E-state index contributed by atoms with van der Waals surface area (Å²) in [6.45, 7) is 5.50. The number of unbranched alkanes of at least 4 members (excludes halogenated alkanes) is 11. The number of quaternary nitrogens is 1. The van der Waals surface area contributed by atoms with Crippen LogP contribution < -0.4 is 9.80 Å². The molecule has 1 amide bonds. The third-order valence-corrected chi connectivity index (χ3v) is 5.90. The molecule has 0 bridgehead atoms. The van der Waals surface area contributed by atoms with Gasteiger partial charge in [0.25, 0.3) is 0 Å². The normalized spacial score (nSPS) is 11.6. The predicted octanol–water partition coefficient (Wildman–Crippen LogP) is 7.30. The van der Waals surface area contributed by atoms with Crippen LogP contribution in [0.4, 0.5) is 11.4 Å². The molecule has 0 atom stereocenters. The summed E-state index contributed by atoms with van der Waals surface area (Å²) in [5.74, 6) is 0.143. The maximum atomic E-state index is 12.1. The first-order valence-electron chi connectivity index (χ1n) is 11.7. The Bertz CT molecular complexity index is 522. The molecule has 0 radical (unpaired) electrons. The first kappa shape index (κ1) is 24.7. The second-order valence-electron chi connectivity index (χ2n) is 8.74. The molecule has 0 saturated heterocycles. The van der Waals surface area contributed by atoms with Crippen molar-refractivity contribution in [3.05, 3.63) is 24.3 Å². The van der Waals surface area contributed by atoms with Gasteiger partial charge in [-0.3, -0.25) is 9.28 Å². The van der Waals surface area contributed by atoms with Gasteiger partial charge in [-0.2, -0.15) is 0 Å². The number of amides is 1. The van der Waals surface area contributed by atoms with E-state index in [2.05, 4.69) is 45.4 Å². The Labute approximate surface area is 174 Å². The lowest BCUT2D eigenvalue weighted by molar-refractivity contribution is -0.116. The van der Waals surface area contributed by atoms with Gasteiger partial charge in [-0.05, 0) is 25.5 Å². The second kappa shape index (κ2) is 14.6. The van der Waals surface area contributed by atoms with Gasteiger partial charge in [0.1, 0.15) is 5.69 Å². The molecule has 1 rings (SSSR count). The van der Waals surface area contributed by atoms with Crippen molar-refractivity contribution in [2.75, 3.05) is 26.0 Å². The molecule has 0 spiro atoms. The minimum absolute atomic E-state index is 0.143. The molecule has 0 saturated carbocycles. The molecule has 0 fully saturated rings. The Morgan fingerprint density at radius 3 is 1.68 bits per heavy atom. The fraction of sp³-hybridized carbons (Fsp3) is 0.720. The van der Waals surface area contributed by atoms with E-state index in [1.165, 1.54) is 76.3 Å². The molecule has 28 heavy (non-hydrogen) atoms. The number of benzene rings is 1. The largest absolute Gasteiger partial charge is 0.326 e. The van der Waals surface area contributed by atoms with Crippen LogP contribution >= 0.6 is 0 Å². The van der Waals surface area contributed by atoms with Gasteiger partial charge in [0.05, 0.1) is 20.6 Å². The van der Waals surface area contributed by atoms with E-state index in [9.17, 15) is 4.79 Å². The van der Waals surface area contributed by atoms with Crippen LogP contribution in [0.1, 0.15) is 97.3 Å². The molecule has 0 heterocycles. The number of carbonyl (C=O) groups excluding carboxylic acids is 1. The van der Waals surface area contributed by atoms with Crippen molar-refractivity contribution in [2.45, 2.75) is 97.3 Å². The van der Waals surface area contributed by atoms with Crippen molar-refractivity contribution < 1.29 is 4.79 Å². The first-order valence-corrected chi connectivity index (χ1v) is 11.7. The highest BCUT2D eigenvalue weighted by Gasteiger charge is 2.15. The van der Waals surface area contributed by atoms with Gasteiger partial charge in [0.15, 0.2) is 0 Å². The zero-order valence-corrected chi connectivity index (χ0v) is 19.1. The Kier molecular flexibility index (Phi) is 12.9. The summed E-state index contributed by atoms with van der Waals surface area (Å²) in [5, 5.41) is 3.03. The highest BCUT2D eigenvalue weighted by atomic mass is 16.1. The van der Waals surface area contributed by atoms with Gasteiger partial charge in [-0.25, -0.2) is 0 Å². The summed E-state index contributed by atoms with van der Waals surface area (Å²) in [6, 6.07) is 8.27. The lowest BCUT2D eigenvalue weighted by atomic mass is 10.0. The maximum Gasteiger partial charge on any atom is 0.224 e. The monoisotopic (exact) mass is 389 g/mol. The average Bonchev–Trinajstić information content (AvgIpc) is 2.69. The lowest BCUT2D eigenvalue weighted by Gasteiger charge is -2.27. The molecule has 0 aromatic heterocycles. The minimum Gasteiger partial charge on any atom is -0.326 e. The zero-order chi connectivity index (χ0) is 20.7. The van der Waals surface area contributed by atoms with Gasteiger partial charge < -0.3 is 5.32 Å². The summed E-state index contributed by atoms with van der Waals surface area (Å²) in [7, 11) is 4.39. The van der Waals surface area contributed by atoms with Gasteiger partial charge in [0.2, 0.25) is 5.91 Å². The van der Waals surface area contributed by atoms with E-state index in [4.69, 9.17) is 0 Å². The molecule has 1 aromatic carbocycles. The van der Waals surface area contributed by atoms with E-state index in [1.54, 1.807) is 0 Å². The number of anilines is 1. The van der Waals surface area contributed by atoms with Crippen LogP contribution in [0.2, 0.25) is 0 Å². The van der Waals surface area contributed by atoms with Crippen LogP contribution in [0.5, 0.6) is 0 Å². The van der Waals surface area contributed by atoms with Crippen LogP contribution in [-0.4, -0.2) is 26.5 Å². The van der Waals surface area contributed by atoms with E-state index in [0.717, 1.165) is 23.1 Å². The van der Waals surface area contributed by atoms with Crippen LogP contribution in [0, 0.1) is 0 Å². The van der Waals surface area contributed by atoms with Crippen molar-refractivity contribution in [2.24, 2.45) is 0 Å². The molecule has 0 aliphatic heterocycles. The molecular weight excluding hydrogens is 344 g/mol. The van der Waals surface area contributed by atoms with Crippen molar-refractivity contribution in [3.63, 3.8) is 0 Å². The smallest absolute Gasteiger partial charge is 0.224 e. The topological polar surface area (TPSA) is 29.1 Å². The first-order chi connectivity index (χ1) is 13.5. The molecule has 3 nitrogen and oxygen atoms in total. The Hall–Kier alpha value is -1.35. The predicted molar refractivity (Wildman–Crippen MR) is 125 cm³/mol. The Balaban J connectivity index is 2.04. The average molecular weight is 390 g/mol. The molecular formula is C25H45N2O+. The summed E-state index contributed by atoms with van der Waals surface area (Å²) in [4.78, 5) is 12.1.